The van der Waals surface area contributed by atoms with Crippen LogP contribution in [0.4, 0.5) is 26.3 Å². The van der Waals surface area contributed by atoms with E-state index in [0.717, 1.165) is 47.3 Å². The van der Waals surface area contributed by atoms with Crippen molar-refractivity contribution >= 4 is 24.3 Å². The molecule has 0 spiro atoms. The van der Waals surface area contributed by atoms with Crippen LogP contribution >= 0.6 is 0 Å². The van der Waals surface area contributed by atoms with Crippen molar-refractivity contribution in [3.63, 3.8) is 0 Å². The van der Waals surface area contributed by atoms with Crippen LogP contribution in [-0.4, -0.2) is 58.2 Å². The zero-order valence-corrected chi connectivity index (χ0v) is 25.6. The zero-order valence-electron chi connectivity index (χ0n) is 25.6. The molecule has 47 heavy (non-hydrogen) atoms. The maximum atomic E-state index is 12.9. The Morgan fingerprint density at radius 3 is 1.53 bits per heavy atom. The fourth-order valence-corrected chi connectivity index (χ4v) is 3.66. The fraction of sp³-hybridized carbons (Fsp3) is 0.241. The Kier molecular flexibility index (Phi) is 14.3. The molecule has 11 nitrogen and oxygen atoms in total. The number of aryl methyl sites for hydroxylation is 2. The third-order valence-corrected chi connectivity index (χ3v) is 5.43. The molecule has 4 rings (SSSR count). The Morgan fingerprint density at radius 1 is 0.766 bits per heavy atom. The van der Waals surface area contributed by atoms with E-state index in [-0.39, 0.29) is 53.2 Å². The minimum absolute atomic E-state index is 0. The van der Waals surface area contributed by atoms with Crippen LogP contribution in [0.25, 0.3) is 35.2 Å². The number of aromatic nitrogens is 6. The number of rotatable bonds is 7. The normalized spacial score (nSPS) is 11.6. The number of carbonyl (C=O) groups is 2. The number of carboxylic acid groups (broad SMARTS) is 1. The van der Waals surface area contributed by atoms with Gasteiger partial charge in [0.2, 0.25) is 0 Å². The summed E-state index contributed by atoms with van der Waals surface area (Å²) in [6, 6.07) is 7.12. The monoisotopic (exact) mass is 660 g/mol. The molecule has 2 N–H and O–H groups in total. The standard InChI is InChI=1S/C16H16F3N3O2.C13H10F3N3O2.Li.H2O/c1-10(2)24-14(23)4-5-22-9-20-15(21-22)12-6-11(3)7-13(8-12)16(17,18)19;1-8-4-9(6-10(5-8)13(14,15)16)12-17-7-19(18-12)3-2-11(20)21;;/h4-10H,1-3H3;2-7H,1H3,(H,20,21);;1H2/q;;+1;/p-1/b5-4-;3-2-;;. The Balaban J connectivity index is 0.000000454. The molecule has 2 aromatic heterocycles. The molecule has 0 aliphatic carbocycles. The second-order valence-electron chi connectivity index (χ2n) is 9.72. The predicted octanol–water partition coefficient (Wildman–Crippen LogP) is 3.35. The average molecular weight is 661 g/mol. The van der Waals surface area contributed by atoms with Crippen LogP contribution in [0.3, 0.4) is 0 Å². The molecule has 4 aromatic rings. The first-order valence-electron chi connectivity index (χ1n) is 12.9. The number of halogens is 6. The van der Waals surface area contributed by atoms with Crippen LogP contribution < -0.4 is 18.9 Å². The Hall–Kier alpha value is -4.72. The molecule has 0 saturated carbocycles. The van der Waals surface area contributed by atoms with Crippen LogP contribution in [0.1, 0.15) is 36.1 Å². The molecule has 0 unspecified atom stereocenters. The van der Waals surface area contributed by atoms with E-state index in [2.05, 4.69) is 20.2 Å². The molecule has 0 aliphatic rings. The number of hydrogen-bond acceptors (Lipinski definition) is 8. The zero-order chi connectivity index (χ0) is 33.5. The number of carbonyl (C=O) groups excluding carboxylic acids is 1. The summed E-state index contributed by atoms with van der Waals surface area (Å²) in [5, 5.41) is 16.4. The number of alkyl halides is 6. The van der Waals surface area contributed by atoms with Gasteiger partial charge in [-0.3, -0.25) is 0 Å². The first kappa shape index (κ1) is 40.3. The number of benzene rings is 2. The summed E-state index contributed by atoms with van der Waals surface area (Å²) in [6.45, 7) is 6.54. The van der Waals surface area contributed by atoms with Crippen molar-refractivity contribution in [1.82, 2.24) is 29.5 Å². The van der Waals surface area contributed by atoms with E-state index < -0.39 is 35.4 Å². The molecule has 2 heterocycles. The summed E-state index contributed by atoms with van der Waals surface area (Å²) in [5.74, 6) is -1.50. The van der Waals surface area contributed by atoms with E-state index in [1.165, 1.54) is 29.6 Å². The minimum Gasteiger partial charge on any atom is -0.870 e. The van der Waals surface area contributed by atoms with Crippen molar-refractivity contribution in [3.8, 4) is 22.8 Å². The van der Waals surface area contributed by atoms with E-state index in [1.807, 2.05) is 0 Å². The molecule has 0 bridgehead atoms. The number of esters is 1. The molecule has 2 aromatic carbocycles. The van der Waals surface area contributed by atoms with Gasteiger partial charge in [-0.05, 0) is 75.2 Å². The first-order valence-corrected chi connectivity index (χ1v) is 12.9. The van der Waals surface area contributed by atoms with Gasteiger partial charge in [-0.1, -0.05) is 0 Å². The summed E-state index contributed by atoms with van der Waals surface area (Å²) < 4.78 is 84.1. The van der Waals surface area contributed by atoms with Gasteiger partial charge >= 0.3 is 43.2 Å². The fourth-order valence-electron chi connectivity index (χ4n) is 3.66. The van der Waals surface area contributed by atoms with Crippen LogP contribution in [-0.2, 0) is 26.7 Å². The van der Waals surface area contributed by atoms with Crippen LogP contribution in [0.15, 0.2) is 61.2 Å². The summed E-state index contributed by atoms with van der Waals surface area (Å²) in [7, 11) is 0. The molecule has 0 atom stereocenters. The topological polar surface area (TPSA) is 155 Å². The Labute approximate surface area is 276 Å². The summed E-state index contributed by atoms with van der Waals surface area (Å²) in [4.78, 5) is 29.6. The smallest absolute Gasteiger partial charge is 0.870 e. The van der Waals surface area contributed by atoms with E-state index >= 15 is 0 Å². The molecule has 246 valence electrons. The Bertz CT molecular complexity index is 1730. The van der Waals surface area contributed by atoms with E-state index in [9.17, 15) is 35.9 Å². The first-order chi connectivity index (χ1) is 20.9. The van der Waals surface area contributed by atoms with Crippen molar-refractivity contribution in [2.24, 2.45) is 0 Å². The molecular weight excluding hydrogens is 633 g/mol. The van der Waals surface area contributed by atoms with Crippen LogP contribution in [0, 0.1) is 13.8 Å². The summed E-state index contributed by atoms with van der Waals surface area (Å²) >= 11 is 0. The number of aliphatic carboxylic acids is 1. The van der Waals surface area contributed by atoms with Gasteiger partial charge in [0.1, 0.15) is 12.7 Å². The molecule has 0 radical (unpaired) electrons. The number of nitrogens with zero attached hydrogens (tertiary/aromatic N) is 6. The van der Waals surface area contributed by atoms with Gasteiger partial charge in [-0.25, -0.2) is 28.9 Å². The van der Waals surface area contributed by atoms with Crippen LogP contribution in [0.5, 0.6) is 0 Å². The van der Waals surface area contributed by atoms with Crippen molar-refractivity contribution in [2.45, 2.75) is 46.2 Å². The largest absolute Gasteiger partial charge is 1.00 e. The van der Waals surface area contributed by atoms with E-state index in [4.69, 9.17) is 9.84 Å². The number of hydrogen-bond donors (Lipinski definition) is 1. The third-order valence-electron chi connectivity index (χ3n) is 5.43. The second-order valence-corrected chi connectivity index (χ2v) is 9.72. The SMILES string of the molecule is Cc1cc(-c2ncn(/C=C\C(=O)O)n2)cc(C(F)(F)F)c1.Cc1cc(-c2ncn(/C=C\C(=O)OC(C)C)n2)cc(C(F)(F)F)c1.[Li+].[OH-]. The maximum Gasteiger partial charge on any atom is 1.00 e. The van der Waals surface area contributed by atoms with Crippen LogP contribution in [0.2, 0.25) is 0 Å². The van der Waals surface area contributed by atoms with E-state index in [0.29, 0.717) is 11.1 Å². The number of ether oxygens (including phenoxy) is 1. The number of carboxylic acids is 1. The summed E-state index contributed by atoms with van der Waals surface area (Å²) in [6.07, 6.45) is -2.17. The average Bonchev–Trinajstić information content (AvgIpc) is 3.59. The van der Waals surface area contributed by atoms with Crippen molar-refractivity contribution in [1.29, 1.82) is 0 Å². The van der Waals surface area contributed by atoms with E-state index in [1.54, 1.807) is 33.8 Å². The Morgan fingerprint density at radius 2 is 1.17 bits per heavy atom. The van der Waals surface area contributed by atoms with Gasteiger partial charge in [0.25, 0.3) is 0 Å². The molecule has 0 fully saturated rings. The van der Waals surface area contributed by atoms with Gasteiger partial charge in [0.05, 0.1) is 17.2 Å². The van der Waals surface area contributed by atoms with Gasteiger partial charge in [0.15, 0.2) is 11.6 Å². The third kappa shape index (κ3) is 12.5. The predicted molar refractivity (Wildman–Crippen MR) is 152 cm³/mol. The molecule has 0 amide bonds. The molecule has 0 saturated heterocycles. The quantitative estimate of drug-likeness (QED) is 0.136. The minimum atomic E-state index is -4.45. The second kappa shape index (κ2) is 16.7. The van der Waals surface area contributed by atoms with Gasteiger partial charge in [-0.15, -0.1) is 10.2 Å². The molecular formula is C29H27F6LiN6O5. The molecule has 18 heteroatoms. The summed E-state index contributed by atoms with van der Waals surface area (Å²) in [5.41, 5.74) is -0.201. The van der Waals surface area contributed by atoms with Gasteiger partial charge in [0, 0.05) is 35.7 Å². The van der Waals surface area contributed by atoms with Gasteiger partial charge in [-0.2, -0.15) is 26.3 Å². The maximum absolute atomic E-state index is 12.9. The van der Waals surface area contributed by atoms with Crippen molar-refractivity contribution in [2.75, 3.05) is 0 Å². The van der Waals surface area contributed by atoms with Gasteiger partial charge < -0.3 is 15.3 Å². The van der Waals surface area contributed by atoms with Crippen molar-refractivity contribution < 1.29 is 70.1 Å². The molecule has 0 aliphatic heterocycles. The van der Waals surface area contributed by atoms with Crippen molar-refractivity contribution in [3.05, 3.63) is 83.5 Å².